The molecule has 2 N–H and O–H groups in total. The number of nitrogens with zero attached hydrogens (tertiary/aromatic N) is 4. The number of carbonyl (C=O) groups excluding carboxylic acids is 1. The fourth-order valence-electron chi connectivity index (χ4n) is 5.33. The third kappa shape index (κ3) is 6.54. The van der Waals surface area contributed by atoms with Crippen molar-refractivity contribution >= 4 is 23.5 Å². The molecular weight excluding hydrogens is 593 g/mol. The van der Waals surface area contributed by atoms with Gasteiger partial charge in [0.15, 0.2) is 11.6 Å². The molecule has 0 saturated carbocycles. The fraction of sp³-hybridized carbons (Fsp3) is 0.212. The number of aliphatic imine (C=N–C) groups is 1. The Bertz CT molecular complexity index is 1770. The lowest BCUT2D eigenvalue weighted by atomic mass is 9.86. The zero-order valence-corrected chi connectivity index (χ0v) is 24.3. The van der Waals surface area contributed by atoms with Crippen LogP contribution in [0.25, 0.3) is 6.08 Å². The third-order valence-corrected chi connectivity index (χ3v) is 7.75. The normalized spacial score (nSPS) is 15.9. The average Bonchev–Trinajstić information content (AvgIpc) is 3.54. The first-order valence-electron chi connectivity index (χ1n) is 14.0. The predicted octanol–water partition coefficient (Wildman–Crippen LogP) is 6.68. The number of benzene rings is 3. The van der Waals surface area contributed by atoms with Crippen molar-refractivity contribution < 1.29 is 31.5 Å². The van der Waals surface area contributed by atoms with Gasteiger partial charge in [0.2, 0.25) is 23.3 Å². The Labute approximate surface area is 255 Å². The van der Waals surface area contributed by atoms with E-state index >= 15 is 4.39 Å². The van der Waals surface area contributed by atoms with Crippen LogP contribution in [0, 0.1) is 35.0 Å². The van der Waals surface area contributed by atoms with Crippen molar-refractivity contribution in [2.24, 2.45) is 10.9 Å². The van der Waals surface area contributed by atoms with Crippen LogP contribution in [0.1, 0.15) is 41.6 Å². The first-order chi connectivity index (χ1) is 21.6. The van der Waals surface area contributed by atoms with E-state index in [4.69, 9.17) is 10.5 Å². The van der Waals surface area contributed by atoms with Crippen LogP contribution in [0.3, 0.4) is 0 Å². The molecule has 2 unspecified atom stereocenters. The van der Waals surface area contributed by atoms with Crippen LogP contribution in [0.4, 0.5) is 27.8 Å². The Morgan fingerprint density at radius 1 is 1.02 bits per heavy atom. The van der Waals surface area contributed by atoms with Crippen molar-refractivity contribution in [2.75, 3.05) is 25.9 Å². The largest absolute Gasteiger partial charge is 0.451 e. The van der Waals surface area contributed by atoms with E-state index in [0.717, 1.165) is 17.7 Å². The van der Waals surface area contributed by atoms with Crippen molar-refractivity contribution in [3.63, 3.8) is 0 Å². The molecule has 0 aliphatic carbocycles. The first-order valence-corrected chi connectivity index (χ1v) is 14.0. The van der Waals surface area contributed by atoms with E-state index in [9.17, 15) is 22.4 Å². The lowest BCUT2D eigenvalue weighted by Gasteiger charge is -2.23. The minimum absolute atomic E-state index is 0.00214. The van der Waals surface area contributed by atoms with Gasteiger partial charge in [-0.05, 0) is 36.1 Å². The van der Waals surface area contributed by atoms with Crippen LogP contribution in [0.5, 0.6) is 11.5 Å². The summed E-state index contributed by atoms with van der Waals surface area (Å²) in [5.41, 5.74) is 8.03. The highest BCUT2D eigenvalue weighted by molar-refractivity contribution is 6.16. The van der Waals surface area contributed by atoms with Gasteiger partial charge >= 0.3 is 0 Å². The van der Waals surface area contributed by atoms with E-state index in [1.807, 2.05) is 37.3 Å². The molecule has 2 heterocycles. The molecule has 1 saturated heterocycles. The zero-order valence-electron chi connectivity index (χ0n) is 24.3. The third-order valence-electron chi connectivity index (χ3n) is 7.75. The molecule has 2 atom stereocenters. The van der Waals surface area contributed by atoms with Gasteiger partial charge in [-0.2, -0.15) is 8.78 Å². The molecule has 1 aliphatic heterocycles. The number of hydrogen-bond acceptors (Lipinski definition) is 6. The minimum Gasteiger partial charge on any atom is -0.451 e. The number of anilines is 1. The summed E-state index contributed by atoms with van der Waals surface area (Å²) >= 11 is 0. The maximum Gasteiger partial charge on any atom is 0.246 e. The monoisotopic (exact) mass is 621 g/mol. The van der Waals surface area contributed by atoms with Crippen molar-refractivity contribution in [3.05, 3.63) is 118 Å². The topological polar surface area (TPSA) is 93.7 Å². The van der Waals surface area contributed by atoms with Gasteiger partial charge in [0.05, 0.1) is 17.0 Å². The Morgan fingerprint density at radius 3 is 2.40 bits per heavy atom. The van der Waals surface area contributed by atoms with Crippen LogP contribution in [-0.4, -0.2) is 46.6 Å². The van der Waals surface area contributed by atoms with Crippen LogP contribution < -0.4 is 10.5 Å². The van der Waals surface area contributed by atoms with E-state index in [1.165, 1.54) is 19.4 Å². The number of hydrogen-bond donors (Lipinski definition) is 1. The summed E-state index contributed by atoms with van der Waals surface area (Å²) in [6.07, 6.45) is 5.30. The second-order valence-corrected chi connectivity index (χ2v) is 10.5. The molecule has 1 amide bonds. The molecule has 4 aromatic rings. The van der Waals surface area contributed by atoms with Crippen LogP contribution >= 0.6 is 0 Å². The molecule has 1 fully saturated rings. The number of likely N-dealkylation sites (tertiary alicyclic amines) is 1. The molecule has 45 heavy (non-hydrogen) atoms. The molecular formula is C33H28F5N5O2. The molecule has 0 bridgehead atoms. The van der Waals surface area contributed by atoms with Gasteiger partial charge in [-0.25, -0.2) is 23.1 Å². The van der Waals surface area contributed by atoms with Crippen molar-refractivity contribution in [1.82, 2.24) is 14.9 Å². The number of nitrogens with two attached hydrogens (primary N) is 1. The molecule has 3 aromatic carbocycles. The standard InChI is InChI=1S/C33H28F5N5O2/c1-18(20-12-13-43(16-20)26(44)11-8-19-6-4-3-5-7-19)30-27(33(39)42-17-41-30)31(40-2)22-10-9-21(14-23(22)34)45-32-28(37)24(35)15-25(36)29(32)38/h3-11,14-15,17-18,20H,12-13,16H2,1-2H3,(H2,39,41,42)/b11-8+,40-31-. The molecule has 1 aliphatic rings. The van der Waals surface area contributed by atoms with Gasteiger partial charge in [-0.1, -0.05) is 37.3 Å². The summed E-state index contributed by atoms with van der Waals surface area (Å²) < 4.78 is 76.0. The number of aromatic nitrogens is 2. The number of amides is 1. The maximum atomic E-state index is 15.5. The number of carbonyl (C=O) groups is 1. The summed E-state index contributed by atoms with van der Waals surface area (Å²) in [4.78, 5) is 27.5. The lowest BCUT2D eigenvalue weighted by molar-refractivity contribution is -0.125. The maximum absolute atomic E-state index is 15.5. The fourth-order valence-corrected chi connectivity index (χ4v) is 5.33. The van der Waals surface area contributed by atoms with Crippen LogP contribution in [0.15, 0.2) is 72.0 Å². The molecule has 12 heteroatoms. The second-order valence-electron chi connectivity index (χ2n) is 10.5. The molecule has 1 aromatic heterocycles. The summed E-state index contributed by atoms with van der Waals surface area (Å²) in [6.45, 7) is 2.95. The molecule has 232 valence electrons. The van der Waals surface area contributed by atoms with Gasteiger partial charge in [0.25, 0.3) is 0 Å². The lowest BCUT2D eigenvalue weighted by Crippen LogP contribution is -2.28. The van der Waals surface area contributed by atoms with E-state index in [0.29, 0.717) is 25.2 Å². The molecule has 5 rings (SSSR count). The highest BCUT2D eigenvalue weighted by Gasteiger charge is 2.33. The SMILES string of the molecule is C/N=C(/c1ccc(Oc2c(F)c(F)cc(F)c2F)cc1F)c1c(N)ncnc1C(C)C1CCN(C(=O)/C=C/c2ccccc2)C1. The Hall–Kier alpha value is -5.13. The van der Waals surface area contributed by atoms with Crippen molar-refractivity contribution in [1.29, 1.82) is 0 Å². The Kier molecular flexibility index (Phi) is 9.21. The minimum atomic E-state index is -1.76. The van der Waals surface area contributed by atoms with Gasteiger partial charge in [-0.3, -0.25) is 9.79 Å². The zero-order chi connectivity index (χ0) is 32.2. The Morgan fingerprint density at radius 2 is 1.73 bits per heavy atom. The Balaban J connectivity index is 1.38. The van der Waals surface area contributed by atoms with Gasteiger partial charge in [-0.15, -0.1) is 0 Å². The number of halogens is 5. The molecule has 0 radical (unpaired) electrons. The number of nitrogen functional groups attached to an aromatic ring is 1. The highest BCUT2D eigenvalue weighted by Crippen LogP contribution is 2.36. The smallest absolute Gasteiger partial charge is 0.246 e. The number of rotatable bonds is 8. The van der Waals surface area contributed by atoms with Crippen molar-refractivity contribution in [2.45, 2.75) is 19.3 Å². The number of ether oxygens (including phenoxy) is 1. The van der Waals surface area contributed by atoms with Gasteiger partial charge in [0.1, 0.15) is 23.7 Å². The van der Waals surface area contributed by atoms with Crippen molar-refractivity contribution in [3.8, 4) is 11.5 Å². The van der Waals surface area contributed by atoms with E-state index < -0.39 is 40.6 Å². The van der Waals surface area contributed by atoms with Gasteiger partial charge < -0.3 is 15.4 Å². The van der Waals surface area contributed by atoms with E-state index in [-0.39, 0.29) is 46.5 Å². The average molecular weight is 622 g/mol. The summed E-state index contributed by atoms with van der Waals surface area (Å²) in [7, 11) is 1.43. The summed E-state index contributed by atoms with van der Waals surface area (Å²) in [6, 6.07) is 12.7. The predicted molar refractivity (Wildman–Crippen MR) is 159 cm³/mol. The van der Waals surface area contributed by atoms with E-state index in [1.54, 1.807) is 17.1 Å². The molecule has 0 spiro atoms. The second kappa shape index (κ2) is 13.2. The van der Waals surface area contributed by atoms with Crippen LogP contribution in [-0.2, 0) is 4.79 Å². The summed E-state index contributed by atoms with van der Waals surface area (Å²) in [5, 5.41) is 0. The van der Waals surface area contributed by atoms with E-state index in [2.05, 4.69) is 15.0 Å². The molecule has 7 nitrogen and oxygen atoms in total. The quantitative estimate of drug-likeness (QED) is 0.103. The summed E-state index contributed by atoms with van der Waals surface area (Å²) in [5.74, 6) is -9.85. The van der Waals surface area contributed by atoms with Gasteiger partial charge in [0, 0.05) is 49.8 Å². The first kappa shape index (κ1) is 31.3. The van der Waals surface area contributed by atoms with Crippen LogP contribution in [0.2, 0.25) is 0 Å². The highest BCUT2D eigenvalue weighted by atomic mass is 19.2.